The lowest BCUT2D eigenvalue weighted by Crippen LogP contribution is -2.26. The second-order valence-corrected chi connectivity index (χ2v) is 8.94. The number of aliphatic carboxylic acids is 1. The first-order valence-corrected chi connectivity index (χ1v) is 11.4. The molecular weight excluding hydrogens is 356 g/mol. The van der Waals surface area contributed by atoms with Crippen molar-refractivity contribution >= 4 is 17.7 Å². The number of carbonyl (C=O) groups is 1. The molecule has 2 saturated heterocycles. The first-order valence-electron chi connectivity index (χ1n) is 10.4. The van der Waals surface area contributed by atoms with E-state index < -0.39 is 5.97 Å². The number of unbranched alkanes of at least 4 members (excludes halogenated alkanes) is 2. The molecule has 4 heteroatoms. The molecule has 2 fully saturated rings. The van der Waals surface area contributed by atoms with Gasteiger partial charge >= 0.3 is 5.97 Å². The lowest BCUT2D eigenvalue weighted by molar-refractivity contribution is -0.137. The average Bonchev–Trinajstić information content (AvgIpc) is 3.27. The predicted molar refractivity (Wildman–Crippen MR) is 111 cm³/mol. The lowest BCUT2D eigenvalue weighted by Gasteiger charge is -2.27. The average molecular weight is 389 g/mol. The van der Waals surface area contributed by atoms with Crippen molar-refractivity contribution in [2.24, 2.45) is 11.8 Å². The molecule has 4 atom stereocenters. The molecule has 1 N–H and O–H groups in total. The molecule has 0 aliphatic carbocycles. The van der Waals surface area contributed by atoms with E-state index in [1.165, 1.54) is 42.8 Å². The maximum absolute atomic E-state index is 10.6. The fraction of sp³-hybridized carbons (Fsp3) is 0.609. The summed E-state index contributed by atoms with van der Waals surface area (Å²) in [5, 5.41) is 8.69. The summed E-state index contributed by atoms with van der Waals surface area (Å²) < 4.78 is 6.22. The van der Waals surface area contributed by atoms with Gasteiger partial charge in [0, 0.05) is 11.3 Å². The number of carboxylic acid groups (broad SMARTS) is 1. The highest BCUT2D eigenvalue weighted by Crippen LogP contribution is 2.47. The van der Waals surface area contributed by atoms with Crippen LogP contribution in [0.3, 0.4) is 0 Å². The number of hydrogen-bond acceptors (Lipinski definition) is 3. The molecule has 27 heavy (non-hydrogen) atoms. The molecule has 3 nitrogen and oxygen atoms in total. The Morgan fingerprint density at radius 2 is 1.85 bits per heavy atom. The Balaban J connectivity index is 1.35. The summed E-state index contributed by atoms with van der Waals surface area (Å²) in [6.45, 7) is 0. The topological polar surface area (TPSA) is 46.5 Å². The second kappa shape index (κ2) is 10.9. The Kier molecular flexibility index (Phi) is 8.28. The van der Waals surface area contributed by atoms with Crippen molar-refractivity contribution in [2.45, 2.75) is 74.9 Å². The number of allylic oxidation sites excluding steroid dienone is 2. The van der Waals surface area contributed by atoms with Crippen LogP contribution in [0.2, 0.25) is 0 Å². The quantitative estimate of drug-likeness (QED) is 0.273. The fourth-order valence-electron chi connectivity index (χ4n) is 4.53. The van der Waals surface area contributed by atoms with Crippen molar-refractivity contribution in [3.05, 3.63) is 42.5 Å². The number of thioether (sulfide) groups is 1. The third-order valence-electron chi connectivity index (χ3n) is 5.87. The summed E-state index contributed by atoms with van der Waals surface area (Å²) in [6.07, 6.45) is 14.7. The molecule has 0 saturated carbocycles. The van der Waals surface area contributed by atoms with E-state index in [1.54, 1.807) is 0 Å². The van der Waals surface area contributed by atoms with Crippen molar-refractivity contribution < 1.29 is 14.6 Å². The highest BCUT2D eigenvalue weighted by molar-refractivity contribution is 7.99. The third kappa shape index (κ3) is 6.39. The van der Waals surface area contributed by atoms with Crippen LogP contribution in [-0.2, 0) is 9.53 Å². The van der Waals surface area contributed by atoms with Gasteiger partial charge in [0.1, 0.15) is 0 Å². The van der Waals surface area contributed by atoms with Crippen LogP contribution in [0.5, 0.6) is 0 Å². The predicted octanol–water partition coefficient (Wildman–Crippen LogP) is 5.94. The first kappa shape index (κ1) is 20.5. The van der Waals surface area contributed by atoms with E-state index in [1.807, 2.05) is 11.8 Å². The zero-order valence-electron chi connectivity index (χ0n) is 16.1. The van der Waals surface area contributed by atoms with E-state index in [2.05, 4.69) is 42.5 Å². The van der Waals surface area contributed by atoms with Gasteiger partial charge in [0.15, 0.2) is 0 Å². The SMILES string of the molecule is O=C(O)CCC/C=C\C[C@@H]1[C@H](CCCCSc2ccccc2)[C@@H]2CC[C@H]1O2. The van der Waals surface area contributed by atoms with Crippen LogP contribution in [0, 0.1) is 11.8 Å². The van der Waals surface area contributed by atoms with Gasteiger partial charge in [-0.1, -0.05) is 36.8 Å². The fourth-order valence-corrected chi connectivity index (χ4v) is 5.46. The molecule has 2 aliphatic rings. The largest absolute Gasteiger partial charge is 0.481 e. The highest BCUT2D eigenvalue weighted by atomic mass is 32.2. The smallest absolute Gasteiger partial charge is 0.303 e. The first-order chi connectivity index (χ1) is 13.2. The summed E-state index contributed by atoms with van der Waals surface area (Å²) in [7, 11) is 0. The standard InChI is InChI=1S/C23H32O3S/c24-23(25)14-7-2-1-6-12-19-20(22-16-15-21(19)26-22)13-8-9-17-27-18-10-4-3-5-11-18/h1,3-6,10-11,19-22H,2,7-9,12-17H2,(H,24,25)/b6-1-/t19-,20+,21-,22+/m1/s1. The van der Waals surface area contributed by atoms with Gasteiger partial charge in [-0.25, -0.2) is 0 Å². The molecular formula is C23H32O3S. The number of hydrogen-bond donors (Lipinski definition) is 1. The Labute approximate surface area is 167 Å². The number of carboxylic acids is 1. The zero-order valence-corrected chi connectivity index (χ0v) is 16.9. The summed E-state index contributed by atoms with van der Waals surface area (Å²) in [5.41, 5.74) is 0. The van der Waals surface area contributed by atoms with Crippen LogP contribution in [-0.4, -0.2) is 29.0 Å². The van der Waals surface area contributed by atoms with E-state index in [0.717, 1.165) is 19.3 Å². The number of fused-ring (bicyclic) bond motifs is 2. The zero-order chi connectivity index (χ0) is 18.9. The van der Waals surface area contributed by atoms with Crippen LogP contribution in [0.1, 0.15) is 57.8 Å². The molecule has 0 amide bonds. The molecule has 3 rings (SSSR count). The molecule has 0 aromatic heterocycles. The molecule has 0 unspecified atom stereocenters. The Hall–Kier alpha value is -1.26. The molecule has 1 aromatic rings. The Morgan fingerprint density at radius 1 is 1.07 bits per heavy atom. The summed E-state index contributed by atoms with van der Waals surface area (Å²) in [6, 6.07) is 10.7. The second-order valence-electron chi connectivity index (χ2n) is 7.77. The van der Waals surface area contributed by atoms with Gasteiger partial charge in [-0.05, 0) is 74.7 Å². The lowest BCUT2D eigenvalue weighted by atomic mass is 9.75. The summed E-state index contributed by atoms with van der Waals surface area (Å²) in [4.78, 5) is 11.9. The Bertz CT molecular complexity index is 601. The van der Waals surface area contributed by atoms with Crippen molar-refractivity contribution in [3.8, 4) is 0 Å². The molecule has 1 aromatic carbocycles. The summed E-state index contributed by atoms with van der Waals surface area (Å²) >= 11 is 1.96. The third-order valence-corrected chi connectivity index (χ3v) is 6.97. The van der Waals surface area contributed by atoms with Crippen molar-refractivity contribution in [3.63, 3.8) is 0 Å². The number of rotatable bonds is 12. The molecule has 2 aliphatic heterocycles. The molecule has 0 radical (unpaired) electrons. The maximum Gasteiger partial charge on any atom is 0.303 e. The van der Waals surface area contributed by atoms with Gasteiger partial charge in [0.2, 0.25) is 0 Å². The van der Waals surface area contributed by atoms with E-state index in [0.29, 0.717) is 24.0 Å². The minimum Gasteiger partial charge on any atom is -0.481 e. The van der Waals surface area contributed by atoms with Crippen LogP contribution in [0.25, 0.3) is 0 Å². The minimum absolute atomic E-state index is 0.269. The highest BCUT2D eigenvalue weighted by Gasteiger charge is 2.47. The van der Waals surface area contributed by atoms with Gasteiger partial charge in [0.25, 0.3) is 0 Å². The maximum atomic E-state index is 10.6. The van der Waals surface area contributed by atoms with Crippen LogP contribution < -0.4 is 0 Å². The van der Waals surface area contributed by atoms with Crippen molar-refractivity contribution in [1.82, 2.24) is 0 Å². The van der Waals surface area contributed by atoms with E-state index in [-0.39, 0.29) is 6.42 Å². The van der Waals surface area contributed by atoms with Gasteiger partial charge in [-0.2, -0.15) is 0 Å². The van der Waals surface area contributed by atoms with Gasteiger partial charge in [-0.3, -0.25) is 4.79 Å². The van der Waals surface area contributed by atoms with E-state index in [4.69, 9.17) is 9.84 Å². The summed E-state index contributed by atoms with van der Waals surface area (Å²) in [5.74, 6) is 1.88. The molecule has 148 valence electrons. The number of benzene rings is 1. The van der Waals surface area contributed by atoms with E-state index >= 15 is 0 Å². The van der Waals surface area contributed by atoms with Crippen LogP contribution >= 0.6 is 11.8 Å². The number of ether oxygens (including phenoxy) is 1. The monoisotopic (exact) mass is 388 g/mol. The van der Waals surface area contributed by atoms with Gasteiger partial charge < -0.3 is 9.84 Å². The minimum atomic E-state index is -0.699. The van der Waals surface area contributed by atoms with Crippen molar-refractivity contribution in [2.75, 3.05) is 5.75 Å². The molecule has 2 heterocycles. The van der Waals surface area contributed by atoms with Crippen molar-refractivity contribution in [1.29, 1.82) is 0 Å². The van der Waals surface area contributed by atoms with Crippen LogP contribution in [0.15, 0.2) is 47.4 Å². The molecule has 0 spiro atoms. The van der Waals surface area contributed by atoms with Gasteiger partial charge in [0.05, 0.1) is 12.2 Å². The van der Waals surface area contributed by atoms with Crippen LogP contribution in [0.4, 0.5) is 0 Å². The molecule has 2 bridgehead atoms. The normalized spacial score (nSPS) is 26.8. The van der Waals surface area contributed by atoms with E-state index in [9.17, 15) is 4.79 Å². The van der Waals surface area contributed by atoms with Gasteiger partial charge in [-0.15, -0.1) is 11.8 Å². The Morgan fingerprint density at radius 3 is 2.63 bits per heavy atom.